The first-order valence-electron chi connectivity index (χ1n) is 8.87. The monoisotopic (exact) mass is 340 g/mol. The molecular weight excluding hydrogens is 312 g/mol. The van der Waals surface area contributed by atoms with E-state index in [0.717, 1.165) is 45.1 Å². The summed E-state index contributed by atoms with van der Waals surface area (Å²) in [6.45, 7) is 4.93. The molecule has 130 valence electrons. The van der Waals surface area contributed by atoms with Crippen molar-refractivity contribution in [3.05, 3.63) is 12.7 Å². The van der Waals surface area contributed by atoms with Gasteiger partial charge in [-0.15, -0.1) is 6.58 Å². The van der Waals surface area contributed by atoms with Crippen LogP contribution < -0.4 is 0 Å². The maximum Gasteiger partial charge on any atom is 0.237 e. The first kappa shape index (κ1) is 17.0. The Hall–Kier alpha value is -0.880. The standard InChI is InChI=1S/C17H28N2O3S/c1-2-10-18(14-7-8-14)12-17(20)19(15-5-3-4-6-15)16-9-11-23(21,22)13-16/h2,14-16H,1,3-13H2/t16-/m0/s1. The second kappa shape index (κ2) is 6.93. The fourth-order valence-electron chi connectivity index (χ4n) is 4.09. The molecule has 0 bridgehead atoms. The molecule has 0 spiro atoms. The van der Waals surface area contributed by atoms with E-state index in [1.165, 1.54) is 0 Å². The van der Waals surface area contributed by atoms with Crippen LogP contribution in [0.2, 0.25) is 0 Å². The number of carbonyl (C=O) groups excluding carboxylic acids is 1. The number of nitrogens with zero attached hydrogens (tertiary/aromatic N) is 2. The second-order valence-corrected chi connectivity index (χ2v) is 9.47. The molecule has 0 aromatic carbocycles. The van der Waals surface area contributed by atoms with Gasteiger partial charge in [-0.05, 0) is 32.1 Å². The minimum Gasteiger partial charge on any atom is -0.335 e. The fraction of sp³-hybridized carbons (Fsp3) is 0.824. The molecule has 3 aliphatic rings. The Morgan fingerprint density at radius 1 is 1.04 bits per heavy atom. The predicted octanol–water partition coefficient (Wildman–Crippen LogP) is 1.60. The topological polar surface area (TPSA) is 57.7 Å². The van der Waals surface area contributed by atoms with E-state index in [2.05, 4.69) is 11.5 Å². The summed E-state index contributed by atoms with van der Waals surface area (Å²) in [5.74, 6) is 0.501. The third kappa shape index (κ3) is 4.15. The minimum absolute atomic E-state index is 0.111. The summed E-state index contributed by atoms with van der Waals surface area (Å²) in [4.78, 5) is 17.2. The van der Waals surface area contributed by atoms with Gasteiger partial charge in [0.25, 0.3) is 0 Å². The number of hydrogen-bond acceptors (Lipinski definition) is 4. The van der Waals surface area contributed by atoms with E-state index in [0.29, 0.717) is 19.0 Å². The van der Waals surface area contributed by atoms with Crippen LogP contribution in [-0.4, -0.2) is 66.8 Å². The first-order chi connectivity index (χ1) is 11.0. The van der Waals surface area contributed by atoms with Gasteiger partial charge in [-0.2, -0.15) is 0 Å². The molecule has 23 heavy (non-hydrogen) atoms. The molecule has 1 heterocycles. The number of hydrogen-bond donors (Lipinski definition) is 0. The van der Waals surface area contributed by atoms with Crippen molar-refractivity contribution in [2.75, 3.05) is 24.6 Å². The van der Waals surface area contributed by atoms with Gasteiger partial charge in [0.1, 0.15) is 0 Å². The highest BCUT2D eigenvalue weighted by molar-refractivity contribution is 7.91. The Morgan fingerprint density at radius 2 is 1.74 bits per heavy atom. The molecule has 0 unspecified atom stereocenters. The van der Waals surface area contributed by atoms with Crippen molar-refractivity contribution in [2.45, 2.75) is 63.1 Å². The Kier molecular flexibility index (Phi) is 5.11. The van der Waals surface area contributed by atoms with Gasteiger partial charge in [0.15, 0.2) is 9.84 Å². The number of amides is 1. The van der Waals surface area contributed by atoms with Gasteiger partial charge in [0.05, 0.1) is 18.1 Å². The van der Waals surface area contributed by atoms with E-state index in [9.17, 15) is 13.2 Å². The Labute approximate surface area is 139 Å². The largest absolute Gasteiger partial charge is 0.335 e. The van der Waals surface area contributed by atoms with Crippen LogP contribution in [0.15, 0.2) is 12.7 Å². The summed E-state index contributed by atoms with van der Waals surface area (Å²) < 4.78 is 23.7. The van der Waals surface area contributed by atoms with Gasteiger partial charge in [-0.3, -0.25) is 9.69 Å². The van der Waals surface area contributed by atoms with Gasteiger partial charge in [-0.1, -0.05) is 18.9 Å². The highest BCUT2D eigenvalue weighted by Crippen LogP contribution is 2.31. The molecule has 1 aliphatic heterocycles. The average molecular weight is 340 g/mol. The number of rotatable bonds is 7. The summed E-state index contributed by atoms with van der Waals surface area (Å²) in [6, 6.07) is 0.639. The number of carbonyl (C=O) groups is 1. The molecule has 6 heteroatoms. The fourth-order valence-corrected chi connectivity index (χ4v) is 5.80. The Morgan fingerprint density at radius 3 is 2.26 bits per heavy atom. The van der Waals surface area contributed by atoms with Crippen molar-refractivity contribution in [3.8, 4) is 0 Å². The smallest absolute Gasteiger partial charge is 0.237 e. The van der Waals surface area contributed by atoms with E-state index in [1.54, 1.807) is 0 Å². The van der Waals surface area contributed by atoms with Crippen molar-refractivity contribution in [3.63, 3.8) is 0 Å². The van der Waals surface area contributed by atoms with Crippen LogP contribution >= 0.6 is 0 Å². The third-order valence-corrected chi connectivity index (χ3v) is 7.12. The summed E-state index contributed by atoms with van der Waals surface area (Å²) in [5.41, 5.74) is 0. The van der Waals surface area contributed by atoms with Crippen LogP contribution in [0.3, 0.4) is 0 Å². The molecule has 3 fully saturated rings. The normalized spacial score (nSPS) is 27.4. The predicted molar refractivity (Wildman–Crippen MR) is 91.0 cm³/mol. The maximum atomic E-state index is 13.0. The van der Waals surface area contributed by atoms with E-state index >= 15 is 0 Å². The van der Waals surface area contributed by atoms with Crippen molar-refractivity contribution < 1.29 is 13.2 Å². The quantitative estimate of drug-likeness (QED) is 0.661. The lowest BCUT2D eigenvalue weighted by Gasteiger charge is -2.35. The Bertz CT molecular complexity index is 550. The van der Waals surface area contributed by atoms with Crippen LogP contribution in [0, 0.1) is 0 Å². The van der Waals surface area contributed by atoms with Crippen molar-refractivity contribution in [1.29, 1.82) is 0 Å². The highest BCUT2D eigenvalue weighted by atomic mass is 32.2. The lowest BCUT2D eigenvalue weighted by Crippen LogP contribution is -2.51. The van der Waals surface area contributed by atoms with Gasteiger partial charge in [0.2, 0.25) is 5.91 Å². The van der Waals surface area contributed by atoms with Crippen LogP contribution in [-0.2, 0) is 14.6 Å². The summed E-state index contributed by atoms with van der Waals surface area (Å²) >= 11 is 0. The zero-order valence-electron chi connectivity index (χ0n) is 13.8. The molecule has 0 radical (unpaired) electrons. The minimum atomic E-state index is -2.97. The summed E-state index contributed by atoms with van der Waals surface area (Å²) in [6.07, 6.45) is 9.10. The second-order valence-electron chi connectivity index (χ2n) is 7.25. The van der Waals surface area contributed by atoms with Crippen LogP contribution in [0.1, 0.15) is 44.9 Å². The molecule has 2 saturated carbocycles. The summed E-state index contributed by atoms with van der Waals surface area (Å²) in [7, 11) is -2.97. The zero-order chi connectivity index (χ0) is 16.4. The van der Waals surface area contributed by atoms with Gasteiger partial charge < -0.3 is 4.90 Å². The van der Waals surface area contributed by atoms with Gasteiger partial charge in [-0.25, -0.2) is 8.42 Å². The van der Waals surface area contributed by atoms with Crippen LogP contribution in [0.25, 0.3) is 0 Å². The molecule has 1 amide bonds. The van der Waals surface area contributed by atoms with Crippen molar-refractivity contribution in [2.24, 2.45) is 0 Å². The van der Waals surface area contributed by atoms with E-state index < -0.39 is 9.84 Å². The molecule has 0 N–H and O–H groups in total. The van der Waals surface area contributed by atoms with E-state index in [4.69, 9.17) is 0 Å². The molecular formula is C17H28N2O3S. The SMILES string of the molecule is C=CCN(CC(=O)N(C1CCCC1)[C@H]1CCS(=O)(=O)C1)C1CC1. The lowest BCUT2D eigenvalue weighted by atomic mass is 10.1. The first-order valence-corrected chi connectivity index (χ1v) is 10.7. The third-order valence-electron chi connectivity index (χ3n) is 5.37. The van der Waals surface area contributed by atoms with E-state index in [1.807, 2.05) is 11.0 Å². The highest BCUT2D eigenvalue weighted by Gasteiger charge is 2.40. The average Bonchev–Trinajstić information content (AvgIpc) is 3.09. The molecule has 3 rings (SSSR count). The van der Waals surface area contributed by atoms with Gasteiger partial charge in [0, 0.05) is 24.7 Å². The molecule has 5 nitrogen and oxygen atoms in total. The molecule has 2 aliphatic carbocycles. The Balaban J connectivity index is 1.71. The molecule has 1 saturated heterocycles. The van der Waals surface area contributed by atoms with Crippen molar-refractivity contribution >= 4 is 15.7 Å². The van der Waals surface area contributed by atoms with Crippen LogP contribution in [0.5, 0.6) is 0 Å². The molecule has 0 aromatic heterocycles. The van der Waals surface area contributed by atoms with Gasteiger partial charge >= 0.3 is 0 Å². The summed E-state index contributed by atoms with van der Waals surface area (Å²) in [5, 5.41) is 0. The zero-order valence-corrected chi connectivity index (χ0v) is 14.6. The lowest BCUT2D eigenvalue weighted by molar-refractivity contribution is -0.137. The van der Waals surface area contributed by atoms with E-state index in [-0.39, 0.29) is 29.5 Å². The number of sulfone groups is 1. The van der Waals surface area contributed by atoms with Crippen LogP contribution in [0.4, 0.5) is 0 Å². The maximum absolute atomic E-state index is 13.0. The molecule has 0 aromatic rings. The molecule has 1 atom stereocenters. The van der Waals surface area contributed by atoms with Crippen molar-refractivity contribution in [1.82, 2.24) is 9.80 Å².